The molecule has 0 saturated carbocycles. The highest BCUT2D eigenvalue weighted by molar-refractivity contribution is 6.21. The Morgan fingerprint density at radius 1 is 0.433 bits per heavy atom. The fraction of sp³-hybridized carbons (Fsp3) is 0.0536. The predicted octanol–water partition coefficient (Wildman–Crippen LogP) is 15.7. The van der Waals surface area contributed by atoms with Crippen molar-refractivity contribution >= 4 is 60.9 Å². The van der Waals surface area contributed by atoms with Gasteiger partial charge < -0.3 is 13.7 Å². The lowest BCUT2D eigenvalue weighted by Crippen LogP contribution is -2.16. The molecule has 12 rings (SSSR count). The number of nitrogens with zero attached hydrogens (tertiary/aromatic N) is 2. The summed E-state index contributed by atoms with van der Waals surface area (Å²) in [6, 6.07) is 69.0. The molecule has 0 spiro atoms. The normalized spacial score (nSPS) is 13.0. The third-order valence-corrected chi connectivity index (χ3v) is 12.5. The van der Waals surface area contributed by atoms with E-state index in [0.29, 0.717) is 5.89 Å². The average Bonchev–Trinajstić information content (AvgIpc) is 3.97. The van der Waals surface area contributed by atoms with Crippen LogP contribution in [0.2, 0.25) is 0 Å². The average molecular weight is 771 g/mol. The Bertz CT molecular complexity index is 3450. The molecule has 284 valence electrons. The minimum Gasteiger partial charge on any atom is -0.455 e. The first-order valence-corrected chi connectivity index (χ1v) is 20.5. The summed E-state index contributed by atoms with van der Waals surface area (Å²) in [6.07, 6.45) is 0. The molecule has 1 aliphatic carbocycles. The summed E-state index contributed by atoms with van der Waals surface area (Å²) in [6.45, 7) is 4.68. The van der Waals surface area contributed by atoms with Gasteiger partial charge >= 0.3 is 0 Å². The Labute approximate surface area is 347 Å². The molecule has 0 radical (unpaired) electrons. The van der Waals surface area contributed by atoms with E-state index in [0.717, 1.165) is 77.6 Å². The van der Waals surface area contributed by atoms with Crippen LogP contribution in [0.4, 0.5) is 17.1 Å². The van der Waals surface area contributed by atoms with E-state index in [-0.39, 0.29) is 5.41 Å². The second-order valence-corrected chi connectivity index (χ2v) is 16.3. The van der Waals surface area contributed by atoms with Crippen molar-refractivity contribution in [2.75, 3.05) is 4.90 Å². The van der Waals surface area contributed by atoms with E-state index in [4.69, 9.17) is 13.8 Å². The summed E-state index contributed by atoms with van der Waals surface area (Å²) in [5.74, 6) is 0.614. The van der Waals surface area contributed by atoms with Crippen molar-refractivity contribution in [3.63, 3.8) is 0 Å². The third kappa shape index (κ3) is 5.34. The van der Waals surface area contributed by atoms with Gasteiger partial charge in [-0.2, -0.15) is 0 Å². The van der Waals surface area contributed by atoms with Crippen molar-refractivity contribution in [1.29, 1.82) is 0 Å². The van der Waals surface area contributed by atoms with Crippen LogP contribution in [0.1, 0.15) is 25.0 Å². The second kappa shape index (κ2) is 13.2. The monoisotopic (exact) mass is 770 g/mol. The topological polar surface area (TPSA) is 42.4 Å². The fourth-order valence-electron chi connectivity index (χ4n) is 9.47. The zero-order valence-corrected chi connectivity index (χ0v) is 33.2. The number of fused-ring (bicyclic) bond motifs is 9. The first kappa shape index (κ1) is 34.4. The maximum atomic E-state index is 7.00. The van der Waals surface area contributed by atoms with Gasteiger partial charge in [-0.15, -0.1) is 0 Å². The molecule has 0 unspecified atom stereocenters. The van der Waals surface area contributed by atoms with Crippen molar-refractivity contribution in [3.05, 3.63) is 205 Å². The van der Waals surface area contributed by atoms with Gasteiger partial charge in [-0.1, -0.05) is 135 Å². The Morgan fingerprint density at radius 2 is 1.08 bits per heavy atom. The summed E-state index contributed by atoms with van der Waals surface area (Å²) in [5.41, 5.74) is 17.1. The van der Waals surface area contributed by atoms with Crippen LogP contribution in [0, 0.1) is 0 Å². The highest BCUT2D eigenvalue weighted by atomic mass is 16.3. The number of benzene rings is 9. The van der Waals surface area contributed by atoms with Crippen LogP contribution < -0.4 is 4.90 Å². The van der Waals surface area contributed by atoms with Crippen LogP contribution in [0.25, 0.3) is 88.6 Å². The highest BCUT2D eigenvalue weighted by Gasteiger charge is 2.36. The van der Waals surface area contributed by atoms with Crippen molar-refractivity contribution < 1.29 is 8.83 Å². The van der Waals surface area contributed by atoms with E-state index < -0.39 is 0 Å². The van der Waals surface area contributed by atoms with Crippen molar-refractivity contribution in [2.45, 2.75) is 19.3 Å². The standard InChI is InChI=1S/C56H38N2O2/c1-56(2)48-20-12-11-19-44(48)45-28-26-41(33-49(45)56)58(40-24-21-36(22-25-40)35-13-5-3-6-14-35)42-27-29-46-51(34-42)59-54-43-18-10-9-17-38(43)31-47(53(46)54)39-23-30-50-52(32-39)60-55(57-50)37-15-7-4-8-16-37/h3-34H,1-2H3. The first-order valence-electron chi connectivity index (χ1n) is 20.5. The van der Waals surface area contributed by atoms with Gasteiger partial charge in [-0.3, -0.25) is 0 Å². The Balaban J connectivity index is 1.03. The fourth-order valence-corrected chi connectivity index (χ4v) is 9.47. The Kier molecular flexibility index (Phi) is 7.54. The Hall–Kier alpha value is -7.69. The molecule has 2 aromatic heterocycles. The minimum absolute atomic E-state index is 0.136. The molecule has 9 aromatic carbocycles. The van der Waals surface area contributed by atoms with Crippen LogP contribution in [0.15, 0.2) is 203 Å². The van der Waals surface area contributed by atoms with E-state index in [1.54, 1.807) is 0 Å². The lowest BCUT2D eigenvalue weighted by Gasteiger charge is -2.28. The molecular weight excluding hydrogens is 733 g/mol. The van der Waals surface area contributed by atoms with E-state index in [1.807, 2.05) is 30.3 Å². The van der Waals surface area contributed by atoms with E-state index >= 15 is 0 Å². The maximum absolute atomic E-state index is 7.00. The molecule has 1 aliphatic rings. The number of oxazole rings is 1. The number of aromatic nitrogens is 1. The molecule has 4 nitrogen and oxygen atoms in total. The minimum atomic E-state index is -0.136. The predicted molar refractivity (Wildman–Crippen MR) is 247 cm³/mol. The number of anilines is 3. The van der Waals surface area contributed by atoms with Crippen LogP contribution in [-0.4, -0.2) is 4.98 Å². The summed E-state index contributed by atoms with van der Waals surface area (Å²) in [7, 11) is 0. The molecule has 0 fully saturated rings. The van der Waals surface area contributed by atoms with Crippen molar-refractivity contribution in [2.24, 2.45) is 0 Å². The van der Waals surface area contributed by atoms with E-state index in [1.165, 1.54) is 33.4 Å². The number of hydrogen-bond donors (Lipinski definition) is 0. The quantitative estimate of drug-likeness (QED) is 0.169. The Morgan fingerprint density at radius 3 is 1.92 bits per heavy atom. The van der Waals surface area contributed by atoms with E-state index in [2.05, 4.69) is 183 Å². The van der Waals surface area contributed by atoms with Gasteiger partial charge in [0.25, 0.3) is 0 Å². The van der Waals surface area contributed by atoms with Crippen LogP contribution in [0.5, 0.6) is 0 Å². The zero-order valence-electron chi connectivity index (χ0n) is 33.2. The number of rotatable bonds is 6. The molecular formula is C56H38N2O2. The lowest BCUT2D eigenvalue weighted by molar-refractivity contribution is 0.620. The molecule has 0 N–H and O–H groups in total. The summed E-state index contributed by atoms with van der Waals surface area (Å²) in [5, 5.41) is 4.33. The van der Waals surface area contributed by atoms with Gasteiger partial charge in [0.1, 0.15) is 16.7 Å². The third-order valence-electron chi connectivity index (χ3n) is 12.5. The maximum Gasteiger partial charge on any atom is 0.227 e. The molecule has 0 aliphatic heterocycles. The van der Waals surface area contributed by atoms with Crippen LogP contribution in [-0.2, 0) is 5.41 Å². The van der Waals surface area contributed by atoms with Gasteiger partial charge in [0.15, 0.2) is 5.58 Å². The molecule has 0 saturated heterocycles. The highest BCUT2D eigenvalue weighted by Crippen LogP contribution is 2.51. The van der Waals surface area contributed by atoms with Crippen molar-refractivity contribution in [3.8, 4) is 44.8 Å². The van der Waals surface area contributed by atoms with Gasteiger partial charge in [0, 0.05) is 50.3 Å². The summed E-state index contributed by atoms with van der Waals surface area (Å²) in [4.78, 5) is 7.18. The SMILES string of the molecule is CC1(C)c2ccccc2-c2ccc(N(c3ccc(-c4ccccc4)cc3)c3ccc4c(c3)oc3c5ccccc5cc(-c5ccc6nc(-c7ccccc7)oc6c5)c43)cc21. The first-order chi connectivity index (χ1) is 29.5. The van der Waals surface area contributed by atoms with Crippen LogP contribution >= 0.6 is 0 Å². The molecule has 11 aromatic rings. The molecule has 0 amide bonds. The molecule has 0 bridgehead atoms. The summed E-state index contributed by atoms with van der Waals surface area (Å²) < 4.78 is 13.4. The molecule has 60 heavy (non-hydrogen) atoms. The van der Waals surface area contributed by atoms with Gasteiger partial charge in [-0.25, -0.2) is 4.98 Å². The van der Waals surface area contributed by atoms with Gasteiger partial charge in [0.05, 0.1) is 0 Å². The molecule has 0 atom stereocenters. The molecule has 2 heterocycles. The smallest absolute Gasteiger partial charge is 0.227 e. The largest absolute Gasteiger partial charge is 0.455 e. The van der Waals surface area contributed by atoms with Crippen LogP contribution in [0.3, 0.4) is 0 Å². The lowest BCUT2D eigenvalue weighted by atomic mass is 9.82. The van der Waals surface area contributed by atoms with Gasteiger partial charge in [0.2, 0.25) is 5.89 Å². The second-order valence-electron chi connectivity index (χ2n) is 16.3. The molecule has 4 heteroatoms. The van der Waals surface area contributed by atoms with E-state index in [9.17, 15) is 0 Å². The zero-order chi connectivity index (χ0) is 40.0. The number of furan rings is 1. The summed E-state index contributed by atoms with van der Waals surface area (Å²) >= 11 is 0. The number of hydrogen-bond acceptors (Lipinski definition) is 4. The van der Waals surface area contributed by atoms with Gasteiger partial charge in [-0.05, 0) is 117 Å². The van der Waals surface area contributed by atoms with Crippen molar-refractivity contribution in [1.82, 2.24) is 4.98 Å².